The molecule has 0 atom stereocenters. The maximum atomic E-state index is 12.8. The summed E-state index contributed by atoms with van der Waals surface area (Å²) in [6.07, 6.45) is 5.09. The second kappa shape index (κ2) is 14.6. The molecular formula is C28H35ClN6O3. The number of aromatic nitrogens is 2. The summed E-state index contributed by atoms with van der Waals surface area (Å²) < 4.78 is 5.42. The van der Waals surface area contributed by atoms with E-state index < -0.39 is 0 Å². The minimum absolute atomic E-state index is 0.170. The Morgan fingerprint density at radius 3 is 2.55 bits per heavy atom. The van der Waals surface area contributed by atoms with Crippen LogP contribution in [0.5, 0.6) is 0 Å². The van der Waals surface area contributed by atoms with Gasteiger partial charge in [-0.3, -0.25) is 9.69 Å². The van der Waals surface area contributed by atoms with Gasteiger partial charge in [-0.2, -0.15) is 4.98 Å². The minimum atomic E-state index is -0.170. The van der Waals surface area contributed by atoms with Crippen LogP contribution in [0.3, 0.4) is 0 Å². The highest BCUT2D eigenvalue weighted by atomic mass is 35.5. The predicted octanol–water partition coefficient (Wildman–Crippen LogP) is 4.73. The van der Waals surface area contributed by atoms with Crippen LogP contribution in [0.4, 0.5) is 23.1 Å². The molecule has 202 valence electrons. The van der Waals surface area contributed by atoms with E-state index in [1.54, 1.807) is 6.07 Å². The van der Waals surface area contributed by atoms with Crippen molar-refractivity contribution in [1.29, 1.82) is 0 Å². The molecule has 1 aliphatic rings. The molecule has 1 fully saturated rings. The van der Waals surface area contributed by atoms with Crippen molar-refractivity contribution in [3.05, 3.63) is 70.9 Å². The van der Waals surface area contributed by atoms with Crippen LogP contribution < -0.4 is 16.0 Å². The lowest BCUT2D eigenvalue weighted by Crippen LogP contribution is -2.35. The highest BCUT2D eigenvalue weighted by molar-refractivity contribution is 6.33. The number of anilines is 4. The molecule has 0 saturated carbocycles. The van der Waals surface area contributed by atoms with E-state index in [0.717, 1.165) is 64.2 Å². The Morgan fingerprint density at radius 1 is 1.00 bits per heavy atom. The van der Waals surface area contributed by atoms with Crippen LogP contribution in [0, 0.1) is 0 Å². The number of hydrogen-bond donors (Lipinski definition) is 4. The molecule has 10 heteroatoms. The first-order chi connectivity index (χ1) is 18.6. The molecule has 0 aliphatic carbocycles. The Bertz CT molecular complexity index is 1170. The normalized spacial score (nSPS) is 13.7. The number of rotatable bonds is 13. The van der Waals surface area contributed by atoms with Crippen LogP contribution in [-0.2, 0) is 11.3 Å². The number of carbonyl (C=O) groups is 1. The van der Waals surface area contributed by atoms with E-state index in [1.807, 2.05) is 30.3 Å². The van der Waals surface area contributed by atoms with E-state index in [9.17, 15) is 4.79 Å². The second-order valence-corrected chi connectivity index (χ2v) is 9.57. The van der Waals surface area contributed by atoms with E-state index in [4.69, 9.17) is 21.4 Å². The quantitative estimate of drug-likeness (QED) is 0.231. The molecule has 1 aromatic heterocycles. The van der Waals surface area contributed by atoms with Gasteiger partial charge in [0.15, 0.2) is 5.82 Å². The van der Waals surface area contributed by atoms with Gasteiger partial charge in [-0.1, -0.05) is 48.7 Å². The fourth-order valence-electron chi connectivity index (χ4n) is 4.16. The van der Waals surface area contributed by atoms with Crippen LogP contribution in [0.15, 0.2) is 54.7 Å². The largest absolute Gasteiger partial charge is 0.396 e. The number of nitrogens with zero attached hydrogens (tertiary/aromatic N) is 3. The first kappa shape index (κ1) is 27.8. The zero-order chi connectivity index (χ0) is 26.6. The highest BCUT2D eigenvalue weighted by Crippen LogP contribution is 2.27. The molecule has 0 spiro atoms. The summed E-state index contributed by atoms with van der Waals surface area (Å²) in [5, 5.41) is 18.6. The highest BCUT2D eigenvalue weighted by Gasteiger charge is 2.14. The van der Waals surface area contributed by atoms with Crippen LogP contribution >= 0.6 is 11.6 Å². The third-order valence-electron chi connectivity index (χ3n) is 6.26. The lowest BCUT2D eigenvalue weighted by Gasteiger charge is -2.26. The van der Waals surface area contributed by atoms with Gasteiger partial charge < -0.3 is 25.8 Å². The topological polar surface area (TPSA) is 112 Å². The molecule has 1 saturated heterocycles. The van der Waals surface area contributed by atoms with Gasteiger partial charge in [0.1, 0.15) is 5.02 Å². The fourth-order valence-corrected chi connectivity index (χ4v) is 4.30. The van der Waals surface area contributed by atoms with Crippen LogP contribution in [-0.4, -0.2) is 65.3 Å². The van der Waals surface area contributed by atoms with Gasteiger partial charge in [0, 0.05) is 38.5 Å². The standard InChI is InChI=1S/C28H35ClN6O3/c29-24-19-31-28(32-22-11-9-21(10-12-22)20-35-14-17-38-18-15-35)34-26(24)33-25-8-4-3-7-23(25)27(37)30-13-5-1-2-6-16-36/h3-4,7-12,19,36H,1-2,5-6,13-18,20H2,(H,30,37)(H2,31,32,33,34). The van der Waals surface area contributed by atoms with Crippen molar-refractivity contribution < 1.29 is 14.6 Å². The summed E-state index contributed by atoms with van der Waals surface area (Å²) in [6, 6.07) is 15.4. The molecule has 4 rings (SSSR count). The van der Waals surface area contributed by atoms with Crippen molar-refractivity contribution in [2.24, 2.45) is 0 Å². The van der Waals surface area contributed by atoms with Crippen molar-refractivity contribution in [3.8, 4) is 0 Å². The van der Waals surface area contributed by atoms with Gasteiger partial charge in [-0.05, 0) is 42.7 Å². The number of morpholine rings is 1. The van der Waals surface area contributed by atoms with E-state index >= 15 is 0 Å². The third kappa shape index (κ3) is 8.39. The minimum Gasteiger partial charge on any atom is -0.396 e. The Balaban J connectivity index is 1.37. The molecule has 0 unspecified atom stereocenters. The lowest BCUT2D eigenvalue weighted by atomic mass is 10.1. The second-order valence-electron chi connectivity index (χ2n) is 9.16. The number of unbranched alkanes of at least 4 members (excludes halogenated alkanes) is 3. The molecule has 0 bridgehead atoms. The Morgan fingerprint density at radius 2 is 1.76 bits per heavy atom. The Labute approximate surface area is 228 Å². The Hall–Kier alpha value is -3.24. The molecule has 3 aromatic rings. The molecule has 1 amide bonds. The number of nitrogens with one attached hydrogen (secondary N) is 3. The fraction of sp³-hybridized carbons (Fsp3) is 0.393. The summed E-state index contributed by atoms with van der Waals surface area (Å²) >= 11 is 6.39. The van der Waals surface area contributed by atoms with E-state index in [-0.39, 0.29) is 12.5 Å². The van der Waals surface area contributed by atoms with Crippen LogP contribution in [0.2, 0.25) is 5.02 Å². The number of carbonyl (C=O) groups excluding carboxylic acids is 1. The zero-order valence-corrected chi connectivity index (χ0v) is 22.2. The number of hydrogen-bond acceptors (Lipinski definition) is 8. The summed E-state index contributed by atoms with van der Waals surface area (Å²) in [5.74, 6) is 0.621. The number of aliphatic hydroxyl groups is 1. The summed E-state index contributed by atoms with van der Waals surface area (Å²) in [6.45, 7) is 5.14. The molecule has 9 nitrogen and oxygen atoms in total. The van der Waals surface area contributed by atoms with Gasteiger partial charge in [0.2, 0.25) is 5.95 Å². The van der Waals surface area contributed by atoms with Crippen LogP contribution in [0.25, 0.3) is 0 Å². The van der Waals surface area contributed by atoms with Gasteiger partial charge in [0.25, 0.3) is 5.91 Å². The molecule has 38 heavy (non-hydrogen) atoms. The van der Waals surface area contributed by atoms with E-state index in [1.165, 1.54) is 11.8 Å². The van der Waals surface area contributed by atoms with Crippen LogP contribution in [0.1, 0.15) is 41.6 Å². The van der Waals surface area contributed by atoms with Gasteiger partial charge >= 0.3 is 0 Å². The first-order valence-corrected chi connectivity index (χ1v) is 13.4. The van der Waals surface area contributed by atoms with Crippen molar-refractivity contribution in [2.45, 2.75) is 32.2 Å². The Kier molecular flexibility index (Phi) is 10.7. The van der Waals surface area contributed by atoms with Crippen molar-refractivity contribution in [1.82, 2.24) is 20.2 Å². The third-order valence-corrected chi connectivity index (χ3v) is 6.54. The SMILES string of the molecule is O=C(NCCCCCCO)c1ccccc1Nc1nc(Nc2ccc(CN3CCOCC3)cc2)ncc1Cl. The molecular weight excluding hydrogens is 504 g/mol. The summed E-state index contributed by atoms with van der Waals surface area (Å²) in [7, 11) is 0. The average molecular weight is 539 g/mol. The molecule has 2 aromatic carbocycles. The number of amides is 1. The maximum absolute atomic E-state index is 12.8. The van der Waals surface area contributed by atoms with Crippen molar-refractivity contribution in [2.75, 3.05) is 50.1 Å². The maximum Gasteiger partial charge on any atom is 0.253 e. The van der Waals surface area contributed by atoms with Gasteiger partial charge in [-0.15, -0.1) is 0 Å². The number of para-hydroxylation sites is 1. The number of ether oxygens (including phenoxy) is 1. The molecule has 1 aliphatic heterocycles. The van der Waals surface area contributed by atoms with E-state index in [2.05, 4.69) is 43.0 Å². The molecule has 2 heterocycles. The van der Waals surface area contributed by atoms with E-state index in [0.29, 0.717) is 34.6 Å². The van der Waals surface area contributed by atoms with Crippen molar-refractivity contribution in [3.63, 3.8) is 0 Å². The van der Waals surface area contributed by atoms with Crippen molar-refractivity contribution >= 4 is 40.6 Å². The lowest BCUT2D eigenvalue weighted by molar-refractivity contribution is 0.0342. The molecule has 4 N–H and O–H groups in total. The summed E-state index contributed by atoms with van der Waals surface area (Å²) in [4.78, 5) is 24.0. The number of halogens is 1. The summed E-state index contributed by atoms with van der Waals surface area (Å²) in [5.41, 5.74) is 3.20. The zero-order valence-electron chi connectivity index (χ0n) is 21.5. The predicted molar refractivity (Wildman–Crippen MR) is 150 cm³/mol. The van der Waals surface area contributed by atoms with Gasteiger partial charge in [0.05, 0.1) is 30.7 Å². The number of aliphatic hydroxyl groups excluding tert-OH is 1. The van der Waals surface area contributed by atoms with Gasteiger partial charge in [-0.25, -0.2) is 4.98 Å². The molecule has 0 radical (unpaired) electrons. The number of benzene rings is 2. The average Bonchev–Trinajstić information content (AvgIpc) is 2.94. The monoisotopic (exact) mass is 538 g/mol. The smallest absolute Gasteiger partial charge is 0.253 e. The first-order valence-electron chi connectivity index (χ1n) is 13.1.